The molecule has 18 heavy (non-hydrogen) atoms. The van der Waals surface area contributed by atoms with Gasteiger partial charge in [0, 0.05) is 6.54 Å². The molecular formula is C14H26N2O2. The van der Waals surface area contributed by atoms with Crippen LogP contribution in [0.1, 0.15) is 38.5 Å². The summed E-state index contributed by atoms with van der Waals surface area (Å²) in [5.41, 5.74) is 5.54. The van der Waals surface area contributed by atoms with Crippen molar-refractivity contribution in [1.29, 1.82) is 0 Å². The monoisotopic (exact) mass is 254 g/mol. The zero-order valence-electron chi connectivity index (χ0n) is 11.7. The summed E-state index contributed by atoms with van der Waals surface area (Å²) in [6, 6.07) is 0. The van der Waals surface area contributed by atoms with E-state index in [-0.39, 0.29) is 11.9 Å². The number of hydrogen-bond acceptors (Lipinski definition) is 4. The number of nitrogens with two attached hydrogens (primary N) is 1. The van der Waals surface area contributed by atoms with Crippen molar-refractivity contribution in [3.05, 3.63) is 0 Å². The minimum Gasteiger partial charge on any atom is -0.468 e. The first kappa shape index (κ1) is 13.8. The lowest BCUT2D eigenvalue weighted by atomic mass is 9.85. The van der Waals surface area contributed by atoms with Gasteiger partial charge in [0.1, 0.15) is 5.54 Å². The van der Waals surface area contributed by atoms with Crippen LogP contribution in [0.3, 0.4) is 0 Å². The average Bonchev–Trinajstić information content (AvgIpc) is 3.08. The molecule has 2 N–H and O–H groups in total. The van der Waals surface area contributed by atoms with E-state index < -0.39 is 5.54 Å². The third-order valence-corrected chi connectivity index (χ3v) is 4.56. The maximum absolute atomic E-state index is 11.8. The van der Waals surface area contributed by atoms with Crippen LogP contribution in [0.15, 0.2) is 0 Å². The Morgan fingerprint density at radius 1 is 1.44 bits per heavy atom. The lowest BCUT2D eigenvalue weighted by Gasteiger charge is -2.29. The van der Waals surface area contributed by atoms with Crippen molar-refractivity contribution >= 4 is 5.97 Å². The summed E-state index contributed by atoms with van der Waals surface area (Å²) in [6.45, 7) is 2.24. The minimum absolute atomic E-state index is 0.227. The first-order valence-corrected chi connectivity index (χ1v) is 7.12. The molecule has 0 radical (unpaired) electrons. The standard InChI is InChI=1S/C14H26N2O2/c1-16(10-11-5-6-11)9-7-12-4-3-8-14(12,15)13(17)18-2/h11-12H,3-10,15H2,1-2H3. The Morgan fingerprint density at radius 2 is 2.17 bits per heavy atom. The van der Waals surface area contributed by atoms with Crippen LogP contribution in [0.2, 0.25) is 0 Å². The van der Waals surface area contributed by atoms with E-state index in [0.29, 0.717) is 0 Å². The first-order chi connectivity index (χ1) is 8.56. The summed E-state index contributed by atoms with van der Waals surface area (Å²) in [5.74, 6) is 0.975. The second kappa shape index (κ2) is 5.57. The van der Waals surface area contributed by atoms with Crippen LogP contribution in [-0.4, -0.2) is 43.7 Å². The summed E-state index contributed by atoms with van der Waals surface area (Å²) in [4.78, 5) is 14.2. The molecule has 2 unspecified atom stereocenters. The molecule has 104 valence electrons. The van der Waals surface area contributed by atoms with Crippen LogP contribution >= 0.6 is 0 Å². The van der Waals surface area contributed by atoms with E-state index in [0.717, 1.165) is 38.1 Å². The van der Waals surface area contributed by atoms with Gasteiger partial charge in [-0.05, 0) is 57.5 Å². The van der Waals surface area contributed by atoms with Gasteiger partial charge in [-0.1, -0.05) is 6.42 Å². The molecule has 0 aliphatic heterocycles. The Kier molecular flexibility index (Phi) is 4.28. The highest BCUT2D eigenvalue weighted by Gasteiger charge is 2.46. The lowest BCUT2D eigenvalue weighted by Crippen LogP contribution is -2.52. The number of rotatable bonds is 6. The molecule has 2 atom stereocenters. The highest BCUT2D eigenvalue weighted by atomic mass is 16.5. The number of nitrogens with zero attached hydrogens (tertiary/aromatic N) is 1. The zero-order valence-corrected chi connectivity index (χ0v) is 11.7. The van der Waals surface area contributed by atoms with Crippen LogP contribution in [0.4, 0.5) is 0 Å². The minimum atomic E-state index is -0.727. The number of hydrogen-bond donors (Lipinski definition) is 1. The number of esters is 1. The van der Waals surface area contributed by atoms with Crippen molar-refractivity contribution in [3.63, 3.8) is 0 Å². The van der Waals surface area contributed by atoms with Gasteiger partial charge >= 0.3 is 5.97 Å². The van der Waals surface area contributed by atoms with Gasteiger partial charge in [0.15, 0.2) is 0 Å². The number of ether oxygens (including phenoxy) is 1. The normalized spacial score (nSPS) is 31.9. The van der Waals surface area contributed by atoms with Crippen LogP contribution < -0.4 is 5.73 Å². The van der Waals surface area contributed by atoms with Gasteiger partial charge in [0.25, 0.3) is 0 Å². The predicted octanol–water partition coefficient (Wildman–Crippen LogP) is 1.39. The van der Waals surface area contributed by atoms with Crippen molar-refractivity contribution in [2.24, 2.45) is 17.6 Å². The van der Waals surface area contributed by atoms with E-state index in [1.54, 1.807) is 0 Å². The average molecular weight is 254 g/mol. The largest absolute Gasteiger partial charge is 0.468 e. The molecule has 0 spiro atoms. The highest BCUT2D eigenvalue weighted by molar-refractivity contribution is 5.81. The summed E-state index contributed by atoms with van der Waals surface area (Å²) in [5, 5.41) is 0. The third-order valence-electron chi connectivity index (χ3n) is 4.56. The fraction of sp³-hybridized carbons (Fsp3) is 0.929. The SMILES string of the molecule is COC(=O)C1(N)CCCC1CCN(C)CC1CC1. The molecule has 0 aromatic heterocycles. The summed E-state index contributed by atoms with van der Waals surface area (Å²) < 4.78 is 4.87. The molecule has 0 aromatic rings. The predicted molar refractivity (Wildman–Crippen MR) is 71.1 cm³/mol. The molecule has 4 heteroatoms. The number of carbonyl (C=O) groups is 1. The van der Waals surface area contributed by atoms with Crippen LogP contribution in [0.5, 0.6) is 0 Å². The molecule has 0 amide bonds. The molecule has 4 nitrogen and oxygen atoms in total. The van der Waals surface area contributed by atoms with E-state index in [2.05, 4.69) is 11.9 Å². The van der Waals surface area contributed by atoms with Crippen molar-refractivity contribution in [3.8, 4) is 0 Å². The van der Waals surface area contributed by atoms with Gasteiger partial charge in [-0.3, -0.25) is 4.79 Å². The Morgan fingerprint density at radius 3 is 2.78 bits per heavy atom. The fourth-order valence-corrected chi connectivity index (χ4v) is 3.17. The molecular weight excluding hydrogens is 228 g/mol. The van der Waals surface area contributed by atoms with E-state index in [9.17, 15) is 4.79 Å². The summed E-state index contributed by atoms with van der Waals surface area (Å²) in [6.07, 6.45) is 6.66. The second-order valence-corrected chi connectivity index (χ2v) is 6.12. The third kappa shape index (κ3) is 3.04. The van der Waals surface area contributed by atoms with E-state index >= 15 is 0 Å². The Hall–Kier alpha value is -0.610. The van der Waals surface area contributed by atoms with E-state index in [1.165, 1.54) is 26.5 Å². The quantitative estimate of drug-likeness (QED) is 0.728. The van der Waals surface area contributed by atoms with E-state index in [4.69, 9.17) is 10.5 Å². The molecule has 0 bridgehead atoms. The lowest BCUT2D eigenvalue weighted by molar-refractivity contribution is -0.148. The van der Waals surface area contributed by atoms with Gasteiger partial charge in [0.05, 0.1) is 7.11 Å². The van der Waals surface area contributed by atoms with Crippen LogP contribution in [-0.2, 0) is 9.53 Å². The second-order valence-electron chi connectivity index (χ2n) is 6.12. The van der Waals surface area contributed by atoms with Crippen molar-refractivity contribution in [2.75, 3.05) is 27.2 Å². The van der Waals surface area contributed by atoms with Crippen molar-refractivity contribution in [1.82, 2.24) is 4.90 Å². The zero-order chi connectivity index (χ0) is 13.2. The fourth-order valence-electron chi connectivity index (χ4n) is 3.17. The Bertz CT molecular complexity index is 304. The van der Waals surface area contributed by atoms with Gasteiger partial charge < -0.3 is 15.4 Å². The summed E-state index contributed by atoms with van der Waals surface area (Å²) >= 11 is 0. The molecule has 2 rings (SSSR count). The summed E-state index contributed by atoms with van der Waals surface area (Å²) in [7, 11) is 3.61. The van der Waals surface area contributed by atoms with Gasteiger partial charge in [-0.25, -0.2) is 0 Å². The molecule has 2 fully saturated rings. The topological polar surface area (TPSA) is 55.6 Å². The Labute approximate surface area is 110 Å². The van der Waals surface area contributed by atoms with Crippen LogP contribution in [0, 0.1) is 11.8 Å². The van der Waals surface area contributed by atoms with Gasteiger partial charge in [-0.2, -0.15) is 0 Å². The van der Waals surface area contributed by atoms with Crippen molar-refractivity contribution in [2.45, 2.75) is 44.1 Å². The van der Waals surface area contributed by atoms with E-state index in [1.807, 2.05) is 0 Å². The molecule has 0 saturated heterocycles. The highest BCUT2D eigenvalue weighted by Crippen LogP contribution is 2.37. The van der Waals surface area contributed by atoms with Gasteiger partial charge in [-0.15, -0.1) is 0 Å². The number of carbonyl (C=O) groups excluding carboxylic acids is 1. The molecule has 0 heterocycles. The molecule has 2 saturated carbocycles. The van der Waals surface area contributed by atoms with Gasteiger partial charge in [0.2, 0.25) is 0 Å². The van der Waals surface area contributed by atoms with Crippen molar-refractivity contribution < 1.29 is 9.53 Å². The Balaban J connectivity index is 1.81. The molecule has 0 aromatic carbocycles. The maximum atomic E-state index is 11.8. The maximum Gasteiger partial charge on any atom is 0.326 e. The first-order valence-electron chi connectivity index (χ1n) is 7.12. The molecule has 2 aliphatic carbocycles. The smallest absolute Gasteiger partial charge is 0.326 e. The molecule has 2 aliphatic rings. The van der Waals surface area contributed by atoms with Crippen LogP contribution in [0.25, 0.3) is 0 Å². The number of methoxy groups -OCH3 is 1.